The quantitative estimate of drug-likeness (QED) is 0.810. The smallest absolute Gasteiger partial charge is 0.227 e. The van der Waals surface area contributed by atoms with Crippen LogP contribution in [-0.4, -0.2) is 18.7 Å². The summed E-state index contributed by atoms with van der Waals surface area (Å²) in [5.74, 6) is 0.245. The highest BCUT2D eigenvalue weighted by Crippen LogP contribution is 2.27. The Bertz CT molecular complexity index is 692. The van der Waals surface area contributed by atoms with E-state index in [9.17, 15) is 9.59 Å². The number of benzene rings is 2. The molecule has 1 aliphatic rings. The molecule has 0 saturated carbocycles. The maximum absolute atomic E-state index is 12.4. The number of hydrogen-bond donors (Lipinski definition) is 0. The molecule has 0 bridgehead atoms. The van der Waals surface area contributed by atoms with E-state index in [1.807, 2.05) is 48.5 Å². The van der Waals surface area contributed by atoms with Gasteiger partial charge in [-0.3, -0.25) is 9.59 Å². The highest BCUT2D eigenvalue weighted by molar-refractivity contribution is 6.00. The van der Waals surface area contributed by atoms with Crippen LogP contribution < -0.4 is 4.90 Å². The molecule has 2 aromatic carbocycles. The fraction of sp³-hybridized carbons (Fsp3) is 0.222. The lowest BCUT2D eigenvalue weighted by molar-refractivity contribution is -0.118. The first-order valence-corrected chi connectivity index (χ1v) is 7.12. The van der Waals surface area contributed by atoms with Crippen LogP contribution in [0.1, 0.15) is 27.9 Å². The van der Waals surface area contributed by atoms with Crippen LogP contribution in [-0.2, 0) is 17.6 Å². The van der Waals surface area contributed by atoms with Crippen molar-refractivity contribution in [2.75, 3.05) is 11.9 Å². The van der Waals surface area contributed by atoms with Crippen molar-refractivity contribution < 1.29 is 9.59 Å². The summed E-state index contributed by atoms with van der Waals surface area (Å²) in [5.41, 5.74) is 3.74. The van der Waals surface area contributed by atoms with Gasteiger partial charge in [-0.25, -0.2) is 0 Å². The van der Waals surface area contributed by atoms with Gasteiger partial charge in [-0.05, 0) is 35.7 Å². The van der Waals surface area contributed by atoms with Gasteiger partial charge in [-0.2, -0.15) is 0 Å². The van der Waals surface area contributed by atoms with Crippen LogP contribution in [0.5, 0.6) is 0 Å². The van der Waals surface area contributed by atoms with Crippen molar-refractivity contribution >= 4 is 17.4 Å². The van der Waals surface area contributed by atoms with Crippen molar-refractivity contribution in [2.45, 2.75) is 19.3 Å². The van der Waals surface area contributed by atoms with E-state index in [1.54, 1.807) is 11.9 Å². The predicted molar refractivity (Wildman–Crippen MR) is 82.6 cm³/mol. The van der Waals surface area contributed by atoms with Crippen LogP contribution in [0.4, 0.5) is 5.69 Å². The maximum Gasteiger partial charge on any atom is 0.227 e. The van der Waals surface area contributed by atoms with E-state index in [2.05, 4.69) is 0 Å². The highest BCUT2D eigenvalue weighted by atomic mass is 16.2. The van der Waals surface area contributed by atoms with Crippen molar-refractivity contribution in [1.29, 1.82) is 0 Å². The molecule has 1 amide bonds. The average Bonchev–Trinajstić information content (AvgIpc) is 2.51. The molecule has 0 spiro atoms. The van der Waals surface area contributed by atoms with Gasteiger partial charge in [0.25, 0.3) is 0 Å². The first-order chi connectivity index (χ1) is 10.1. The minimum Gasteiger partial charge on any atom is -0.315 e. The second kappa shape index (κ2) is 5.52. The van der Waals surface area contributed by atoms with Crippen LogP contribution in [0.25, 0.3) is 0 Å². The molecule has 0 aromatic heterocycles. The zero-order valence-electron chi connectivity index (χ0n) is 12.0. The van der Waals surface area contributed by atoms with Gasteiger partial charge in [0.2, 0.25) is 5.91 Å². The lowest BCUT2D eigenvalue weighted by atomic mass is 9.96. The van der Waals surface area contributed by atoms with Gasteiger partial charge in [0, 0.05) is 31.1 Å². The summed E-state index contributed by atoms with van der Waals surface area (Å²) < 4.78 is 0. The van der Waals surface area contributed by atoms with E-state index < -0.39 is 0 Å². The Labute approximate surface area is 124 Å². The lowest BCUT2D eigenvalue weighted by Crippen LogP contribution is -2.31. The molecule has 3 nitrogen and oxygen atoms in total. The first-order valence-electron chi connectivity index (χ1n) is 7.12. The van der Waals surface area contributed by atoms with E-state index in [1.165, 1.54) is 0 Å². The second-order valence-electron chi connectivity index (χ2n) is 5.38. The molecule has 106 valence electrons. The number of carbonyl (C=O) groups excluding carboxylic acids is 2. The van der Waals surface area contributed by atoms with Crippen LogP contribution in [0.15, 0.2) is 48.5 Å². The number of Topliss-reactive ketones (excluding diaryl/α,β-unsaturated/α-hetero) is 1. The predicted octanol–water partition coefficient (Wildman–Crippen LogP) is 3.02. The van der Waals surface area contributed by atoms with Crippen LogP contribution in [0, 0.1) is 0 Å². The van der Waals surface area contributed by atoms with Gasteiger partial charge in [-0.1, -0.05) is 30.3 Å². The van der Waals surface area contributed by atoms with Gasteiger partial charge in [0.05, 0.1) is 0 Å². The second-order valence-corrected chi connectivity index (χ2v) is 5.38. The molecular formula is C18H17NO2. The van der Waals surface area contributed by atoms with Gasteiger partial charge < -0.3 is 4.90 Å². The van der Waals surface area contributed by atoms with Crippen molar-refractivity contribution in [3.05, 3.63) is 65.2 Å². The fourth-order valence-electron chi connectivity index (χ4n) is 2.71. The molecular weight excluding hydrogens is 262 g/mol. The van der Waals surface area contributed by atoms with E-state index in [0.29, 0.717) is 19.3 Å². The largest absolute Gasteiger partial charge is 0.315 e. The van der Waals surface area contributed by atoms with Crippen LogP contribution in [0.3, 0.4) is 0 Å². The number of anilines is 1. The summed E-state index contributed by atoms with van der Waals surface area (Å²) in [5, 5.41) is 0. The monoisotopic (exact) mass is 279 g/mol. The Balaban J connectivity index is 1.84. The molecule has 0 saturated heterocycles. The molecule has 3 heteroatoms. The molecule has 0 unspecified atom stereocenters. The number of aryl methyl sites for hydroxylation is 1. The number of hydrogen-bond acceptors (Lipinski definition) is 2. The number of carbonyl (C=O) groups is 2. The first kappa shape index (κ1) is 13.6. The number of fused-ring (bicyclic) bond motifs is 1. The highest BCUT2D eigenvalue weighted by Gasteiger charge is 2.21. The average molecular weight is 279 g/mol. The molecule has 0 N–H and O–H groups in total. The Morgan fingerprint density at radius 2 is 1.86 bits per heavy atom. The third-order valence-electron chi connectivity index (χ3n) is 3.95. The standard InChI is InChI=1S/C18H17NO2/c1-19-16-9-7-15(12-14(16)8-10-18(19)21)17(20)11-13-5-3-2-4-6-13/h2-7,9,12H,8,10-11H2,1H3. The number of rotatable bonds is 3. The van der Waals surface area contributed by atoms with Gasteiger partial charge >= 0.3 is 0 Å². The summed E-state index contributed by atoms with van der Waals surface area (Å²) in [6.45, 7) is 0. The zero-order valence-corrected chi connectivity index (χ0v) is 12.0. The molecule has 0 aliphatic carbocycles. The summed E-state index contributed by atoms with van der Waals surface area (Å²) in [6.07, 6.45) is 1.64. The fourth-order valence-corrected chi connectivity index (χ4v) is 2.71. The van der Waals surface area contributed by atoms with E-state index >= 15 is 0 Å². The van der Waals surface area contributed by atoms with E-state index in [0.717, 1.165) is 22.4 Å². The lowest BCUT2D eigenvalue weighted by Gasteiger charge is -2.26. The third-order valence-corrected chi connectivity index (χ3v) is 3.95. The summed E-state index contributed by atoms with van der Waals surface area (Å²) in [4.78, 5) is 25.7. The van der Waals surface area contributed by atoms with Crippen molar-refractivity contribution in [3.8, 4) is 0 Å². The number of amides is 1. The topological polar surface area (TPSA) is 37.4 Å². The van der Waals surface area contributed by atoms with Crippen molar-refractivity contribution in [2.24, 2.45) is 0 Å². The van der Waals surface area contributed by atoms with Gasteiger partial charge in [0.1, 0.15) is 0 Å². The van der Waals surface area contributed by atoms with Crippen molar-refractivity contribution in [1.82, 2.24) is 0 Å². The van der Waals surface area contributed by atoms with Crippen molar-refractivity contribution in [3.63, 3.8) is 0 Å². The Kier molecular flexibility index (Phi) is 3.57. The SMILES string of the molecule is CN1C(=O)CCc2cc(C(=O)Cc3ccccc3)ccc21. The Hall–Kier alpha value is -2.42. The van der Waals surface area contributed by atoms with Gasteiger partial charge in [-0.15, -0.1) is 0 Å². The number of ketones is 1. The summed E-state index contributed by atoms with van der Waals surface area (Å²) in [6, 6.07) is 15.4. The Morgan fingerprint density at radius 1 is 1.10 bits per heavy atom. The normalized spacial score (nSPS) is 14.0. The van der Waals surface area contributed by atoms with Gasteiger partial charge in [0.15, 0.2) is 5.78 Å². The zero-order chi connectivity index (χ0) is 14.8. The summed E-state index contributed by atoms with van der Waals surface area (Å²) in [7, 11) is 1.78. The Morgan fingerprint density at radius 3 is 2.62 bits per heavy atom. The molecule has 0 fully saturated rings. The molecule has 3 rings (SSSR count). The summed E-state index contributed by atoms with van der Waals surface area (Å²) >= 11 is 0. The van der Waals surface area contributed by atoms with E-state index in [-0.39, 0.29) is 11.7 Å². The minimum atomic E-state index is 0.114. The molecule has 21 heavy (non-hydrogen) atoms. The van der Waals surface area contributed by atoms with Crippen LogP contribution >= 0.6 is 0 Å². The molecule has 1 aliphatic heterocycles. The molecule has 0 radical (unpaired) electrons. The minimum absolute atomic E-state index is 0.114. The van der Waals surface area contributed by atoms with E-state index in [4.69, 9.17) is 0 Å². The molecule has 0 atom stereocenters. The number of nitrogens with zero attached hydrogens (tertiary/aromatic N) is 1. The third kappa shape index (κ3) is 2.72. The molecule has 1 heterocycles. The molecule has 2 aromatic rings. The maximum atomic E-state index is 12.4. The van der Waals surface area contributed by atoms with Crippen LogP contribution in [0.2, 0.25) is 0 Å².